The number of aromatic nitrogens is 4. The third kappa shape index (κ3) is 3.09. The number of ether oxygens (including phenoxy) is 1. The van der Waals surface area contributed by atoms with Gasteiger partial charge in [0.2, 0.25) is 5.95 Å². The van der Waals surface area contributed by atoms with Gasteiger partial charge in [0.05, 0.1) is 30.3 Å². The number of benzene rings is 1. The van der Waals surface area contributed by atoms with Crippen molar-refractivity contribution < 1.29 is 4.74 Å². The summed E-state index contributed by atoms with van der Waals surface area (Å²) in [6.45, 7) is 8.68. The summed E-state index contributed by atoms with van der Waals surface area (Å²) in [7, 11) is 0. The van der Waals surface area contributed by atoms with Gasteiger partial charge in [-0.1, -0.05) is 12.1 Å². The summed E-state index contributed by atoms with van der Waals surface area (Å²) < 4.78 is 7.66. The van der Waals surface area contributed by atoms with Gasteiger partial charge in [0, 0.05) is 18.2 Å². The van der Waals surface area contributed by atoms with Crippen molar-refractivity contribution in [3.8, 4) is 5.95 Å². The highest BCUT2D eigenvalue weighted by Gasteiger charge is 2.38. The van der Waals surface area contributed by atoms with Crippen molar-refractivity contribution in [3.63, 3.8) is 0 Å². The topological polar surface area (TPSA) is 68.1 Å². The molecule has 1 N–H and O–H groups in total. The van der Waals surface area contributed by atoms with E-state index < -0.39 is 0 Å². The minimum absolute atomic E-state index is 0.144. The van der Waals surface area contributed by atoms with Crippen molar-refractivity contribution in [1.82, 2.24) is 19.5 Å². The molecule has 5 rings (SSSR count). The van der Waals surface area contributed by atoms with Crippen LogP contribution in [0.25, 0.3) is 17.0 Å². The fourth-order valence-corrected chi connectivity index (χ4v) is 3.82. The maximum Gasteiger partial charge on any atom is 0.239 e. The lowest BCUT2D eigenvalue weighted by Gasteiger charge is -2.34. The summed E-state index contributed by atoms with van der Waals surface area (Å²) in [5, 5.41) is 3.61. The molecule has 7 heteroatoms. The monoisotopic (exact) mass is 378 g/mol. The van der Waals surface area contributed by atoms with E-state index >= 15 is 0 Å². The summed E-state index contributed by atoms with van der Waals surface area (Å²) in [4.78, 5) is 16.8. The molecule has 1 atom stereocenters. The zero-order valence-corrected chi connectivity index (χ0v) is 16.6. The van der Waals surface area contributed by atoms with Gasteiger partial charge in [-0.15, -0.1) is 0 Å². The third-order valence-electron chi connectivity index (χ3n) is 5.72. The van der Waals surface area contributed by atoms with E-state index in [0.29, 0.717) is 12.6 Å². The SMILES string of the molecule is Cc1nc2ccccc2n1-c1nc(NC2(C)CC2)cc(N2CCOC[C@H]2C)n1. The van der Waals surface area contributed by atoms with Crippen LogP contribution in [0, 0.1) is 6.92 Å². The van der Waals surface area contributed by atoms with Crippen LogP contribution in [0.15, 0.2) is 30.3 Å². The van der Waals surface area contributed by atoms with Crippen molar-refractivity contribution >= 4 is 22.7 Å². The van der Waals surface area contributed by atoms with Gasteiger partial charge in [-0.25, -0.2) is 4.98 Å². The fraction of sp³-hybridized carbons (Fsp3) is 0.476. The largest absolute Gasteiger partial charge is 0.377 e. The molecule has 0 amide bonds. The molecule has 1 saturated carbocycles. The molecule has 2 fully saturated rings. The summed E-state index contributed by atoms with van der Waals surface area (Å²) in [5.74, 6) is 3.35. The van der Waals surface area contributed by atoms with Crippen LogP contribution in [0.1, 0.15) is 32.5 Å². The standard InChI is InChI=1S/C21H26N6O/c1-14-13-28-11-10-26(14)19-12-18(25-21(3)8-9-21)23-20(24-19)27-15(2)22-16-6-4-5-7-17(16)27/h4-7,12,14H,8-11,13H2,1-3H3,(H,23,24,25)/t14-/m1/s1. The molecule has 3 heterocycles. The Balaban J connectivity index is 1.64. The van der Waals surface area contributed by atoms with E-state index in [-0.39, 0.29) is 11.6 Å². The predicted octanol–water partition coefficient (Wildman–Crippen LogP) is 3.31. The molecule has 146 valence electrons. The summed E-state index contributed by atoms with van der Waals surface area (Å²) in [6.07, 6.45) is 2.34. The van der Waals surface area contributed by atoms with Crippen molar-refractivity contribution in [1.29, 1.82) is 0 Å². The number of nitrogens with one attached hydrogen (secondary N) is 1. The lowest BCUT2D eigenvalue weighted by molar-refractivity contribution is 0.0985. The Bertz CT molecular complexity index is 1020. The maximum absolute atomic E-state index is 5.62. The highest BCUT2D eigenvalue weighted by atomic mass is 16.5. The van der Waals surface area contributed by atoms with Gasteiger partial charge in [-0.3, -0.25) is 4.57 Å². The second kappa shape index (κ2) is 6.44. The second-order valence-corrected chi connectivity index (χ2v) is 8.20. The minimum atomic E-state index is 0.144. The molecule has 0 bridgehead atoms. The number of nitrogens with zero attached hydrogens (tertiary/aromatic N) is 5. The molecule has 0 radical (unpaired) electrons. The Hall–Kier alpha value is -2.67. The quantitative estimate of drug-likeness (QED) is 0.751. The first kappa shape index (κ1) is 17.4. The molecule has 7 nitrogen and oxygen atoms in total. The molecule has 0 unspecified atom stereocenters. The molecule has 2 aromatic heterocycles. The second-order valence-electron chi connectivity index (χ2n) is 8.20. The molecule has 3 aromatic rings. The number of hydrogen-bond acceptors (Lipinski definition) is 6. The van der Waals surface area contributed by atoms with Crippen molar-refractivity contribution in [2.45, 2.75) is 45.2 Å². The number of hydrogen-bond donors (Lipinski definition) is 1. The zero-order valence-electron chi connectivity index (χ0n) is 16.6. The van der Waals surface area contributed by atoms with Crippen LogP contribution >= 0.6 is 0 Å². The van der Waals surface area contributed by atoms with Crippen molar-refractivity contribution in [2.75, 3.05) is 30.0 Å². The molecule has 1 aromatic carbocycles. The number of aryl methyl sites for hydroxylation is 1. The van der Waals surface area contributed by atoms with Gasteiger partial charge in [0.1, 0.15) is 17.5 Å². The smallest absolute Gasteiger partial charge is 0.239 e. The van der Waals surface area contributed by atoms with Gasteiger partial charge < -0.3 is 15.0 Å². The molecule has 28 heavy (non-hydrogen) atoms. The van der Waals surface area contributed by atoms with E-state index in [4.69, 9.17) is 19.7 Å². The van der Waals surface area contributed by atoms with Crippen LogP contribution < -0.4 is 10.2 Å². The van der Waals surface area contributed by atoms with E-state index in [2.05, 4.69) is 36.2 Å². The van der Waals surface area contributed by atoms with Gasteiger partial charge in [-0.05, 0) is 45.7 Å². The van der Waals surface area contributed by atoms with Gasteiger partial charge >= 0.3 is 0 Å². The first-order chi connectivity index (χ1) is 13.5. The van der Waals surface area contributed by atoms with E-state index in [0.717, 1.165) is 41.6 Å². The third-order valence-corrected chi connectivity index (χ3v) is 5.72. The first-order valence-electron chi connectivity index (χ1n) is 9.99. The number of anilines is 2. The number of morpholine rings is 1. The number of imidazole rings is 1. The average molecular weight is 378 g/mol. The van der Waals surface area contributed by atoms with Crippen LogP contribution in [0.4, 0.5) is 11.6 Å². The highest BCUT2D eigenvalue weighted by Crippen LogP contribution is 2.38. The lowest BCUT2D eigenvalue weighted by atomic mass is 10.2. The highest BCUT2D eigenvalue weighted by molar-refractivity contribution is 5.77. The molecule has 1 aliphatic carbocycles. The maximum atomic E-state index is 5.62. The summed E-state index contributed by atoms with van der Waals surface area (Å²) in [6, 6.07) is 10.5. The summed E-state index contributed by atoms with van der Waals surface area (Å²) >= 11 is 0. The first-order valence-corrected chi connectivity index (χ1v) is 9.99. The molecule has 1 saturated heterocycles. The Morgan fingerprint density at radius 1 is 1.18 bits per heavy atom. The fourth-order valence-electron chi connectivity index (χ4n) is 3.82. The van der Waals surface area contributed by atoms with Gasteiger partial charge in [0.25, 0.3) is 0 Å². The Labute approximate surface area is 164 Å². The number of fused-ring (bicyclic) bond motifs is 1. The van der Waals surface area contributed by atoms with E-state index in [9.17, 15) is 0 Å². The molecule has 2 aliphatic rings. The summed E-state index contributed by atoms with van der Waals surface area (Å²) in [5.41, 5.74) is 2.12. The Morgan fingerprint density at radius 2 is 2.00 bits per heavy atom. The van der Waals surface area contributed by atoms with Crippen molar-refractivity contribution in [2.24, 2.45) is 0 Å². The minimum Gasteiger partial charge on any atom is -0.377 e. The Morgan fingerprint density at radius 3 is 2.79 bits per heavy atom. The van der Waals surface area contributed by atoms with Crippen molar-refractivity contribution in [3.05, 3.63) is 36.2 Å². The molecule has 0 spiro atoms. The van der Waals surface area contributed by atoms with E-state index in [1.807, 2.05) is 29.7 Å². The molecule has 1 aliphatic heterocycles. The zero-order chi connectivity index (χ0) is 19.3. The van der Waals surface area contributed by atoms with E-state index in [1.165, 1.54) is 12.8 Å². The van der Waals surface area contributed by atoms with Crippen LogP contribution in [-0.4, -0.2) is 50.9 Å². The number of rotatable bonds is 4. The van der Waals surface area contributed by atoms with Gasteiger partial charge in [-0.2, -0.15) is 9.97 Å². The number of para-hydroxylation sites is 2. The average Bonchev–Trinajstić information content (AvgIpc) is 3.29. The Kier molecular flexibility index (Phi) is 4.01. The van der Waals surface area contributed by atoms with Crippen LogP contribution in [0.3, 0.4) is 0 Å². The molecular weight excluding hydrogens is 352 g/mol. The lowest BCUT2D eigenvalue weighted by Crippen LogP contribution is -2.44. The normalized spacial score (nSPS) is 21.1. The van der Waals surface area contributed by atoms with Gasteiger partial charge in [0.15, 0.2) is 0 Å². The predicted molar refractivity (Wildman–Crippen MR) is 110 cm³/mol. The molecular formula is C21H26N6O. The van der Waals surface area contributed by atoms with Crippen LogP contribution in [-0.2, 0) is 4.74 Å². The van der Waals surface area contributed by atoms with Crippen LogP contribution in [0.5, 0.6) is 0 Å². The van der Waals surface area contributed by atoms with E-state index in [1.54, 1.807) is 0 Å². The van der Waals surface area contributed by atoms with Crippen LogP contribution in [0.2, 0.25) is 0 Å².